The van der Waals surface area contributed by atoms with Crippen molar-refractivity contribution in [3.8, 4) is 0 Å². The third kappa shape index (κ3) is 3.58. The Morgan fingerprint density at radius 3 is 2.85 bits per heavy atom. The number of hydrogen-bond donors (Lipinski definition) is 0. The van der Waals surface area contributed by atoms with Crippen molar-refractivity contribution < 1.29 is 9.53 Å². The molecule has 20 heavy (non-hydrogen) atoms. The number of likely N-dealkylation sites (tertiary alicyclic amines) is 1. The maximum absolute atomic E-state index is 11.8. The van der Waals surface area contributed by atoms with E-state index in [1.165, 1.54) is 26.5 Å². The van der Waals surface area contributed by atoms with Gasteiger partial charge in [0.2, 0.25) is 0 Å². The number of carbonyl (C=O) groups excluding carboxylic acids is 1. The van der Waals surface area contributed by atoms with Gasteiger partial charge >= 0.3 is 5.97 Å². The van der Waals surface area contributed by atoms with Crippen LogP contribution in [0.3, 0.4) is 0 Å². The van der Waals surface area contributed by atoms with Crippen LogP contribution < -0.4 is 0 Å². The van der Waals surface area contributed by atoms with Crippen molar-refractivity contribution in [2.75, 3.05) is 34.3 Å². The van der Waals surface area contributed by atoms with Gasteiger partial charge in [0.15, 0.2) is 0 Å². The van der Waals surface area contributed by atoms with Gasteiger partial charge in [0, 0.05) is 19.1 Å². The lowest BCUT2D eigenvalue weighted by molar-refractivity contribution is 0.0598. The highest BCUT2D eigenvalue weighted by Crippen LogP contribution is 2.17. The van der Waals surface area contributed by atoms with Gasteiger partial charge in [-0.1, -0.05) is 18.2 Å². The minimum Gasteiger partial charge on any atom is -0.465 e. The summed E-state index contributed by atoms with van der Waals surface area (Å²) in [6.45, 7) is 3.00. The van der Waals surface area contributed by atoms with E-state index in [2.05, 4.69) is 23.9 Å². The molecule has 0 aliphatic carbocycles. The molecule has 0 saturated carbocycles. The molecule has 0 spiro atoms. The van der Waals surface area contributed by atoms with Gasteiger partial charge in [-0.25, -0.2) is 4.79 Å². The molecule has 4 nitrogen and oxygen atoms in total. The average molecular weight is 276 g/mol. The van der Waals surface area contributed by atoms with Gasteiger partial charge in [0.1, 0.15) is 0 Å². The van der Waals surface area contributed by atoms with E-state index >= 15 is 0 Å². The molecule has 1 heterocycles. The number of nitrogens with zero attached hydrogens (tertiary/aromatic N) is 2. The average Bonchev–Trinajstić information content (AvgIpc) is 2.84. The summed E-state index contributed by atoms with van der Waals surface area (Å²) in [7, 11) is 5.73. The molecule has 1 aliphatic heterocycles. The molecule has 0 N–H and O–H groups in total. The molecule has 0 amide bonds. The third-order valence-corrected chi connectivity index (χ3v) is 4.06. The van der Waals surface area contributed by atoms with Crippen molar-refractivity contribution in [1.82, 2.24) is 9.80 Å². The minimum absolute atomic E-state index is 0.257. The number of carbonyl (C=O) groups is 1. The zero-order valence-electron chi connectivity index (χ0n) is 12.6. The smallest absolute Gasteiger partial charge is 0.338 e. The number of benzene rings is 1. The van der Waals surface area contributed by atoms with E-state index in [0.717, 1.165) is 18.7 Å². The van der Waals surface area contributed by atoms with Crippen LogP contribution in [0.1, 0.15) is 28.8 Å². The molecule has 0 radical (unpaired) electrons. The maximum Gasteiger partial charge on any atom is 0.338 e. The van der Waals surface area contributed by atoms with Gasteiger partial charge in [-0.05, 0) is 45.1 Å². The summed E-state index contributed by atoms with van der Waals surface area (Å²) in [5.41, 5.74) is 1.70. The predicted octanol–water partition coefficient (Wildman–Crippen LogP) is 2.00. The highest BCUT2D eigenvalue weighted by molar-refractivity contribution is 5.90. The van der Waals surface area contributed by atoms with Crippen molar-refractivity contribution in [1.29, 1.82) is 0 Å². The maximum atomic E-state index is 11.8. The van der Waals surface area contributed by atoms with Crippen molar-refractivity contribution in [2.24, 2.45) is 0 Å². The number of esters is 1. The molecule has 1 aromatic carbocycles. The molecule has 1 fully saturated rings. The Hall–Kier alpha value is -1.39. The van der Waals surface area contributed by atoms with Gasteiger partial charge < -0.3 is 14.5 Å². The fraction of sp³-hybridized carbons (Fsp3) is 0.562. The van der Waals surface area contributed by atoms with Gasteiger partial charge in [0.05, 0.1) is 12.7 Å². The number of likely N-dealkylation sites (N-methyl/N-ethyl adjacent to an activating group) is 2. The molecule has 1 aliphatic rings. The molecule has 1 atom stereocenters. The molecule has 1 aromatic rings. The Bertz CT molecular complexity index is 462. The standard InChI is InChI=1S/C16H24N2O2/c1-17(12-14-8-6-10-18(14)2)11-13-7-4-5-9-15(13)16(19)20-3/h4-5,7,9,14H,6,8,10-12H2,1-3H3. The lowest BCUT2D eigenvalue weighted by atomic mass is 10.1. The predicted molar refractivity (Wildman–Crippen MR) is 79.8 cm³/mol. The van der Waals surface area contributed by atoms with Crippen molar-refractivity contribution in [3.05, 3.63) is 35.4 Å². The molecule has 4 heteroatoms. The van der Waals surface area contributed by atoms with Crippen LogP contribution in [-0.2, 0) is 11.3 Å². The summed E-state index contributed by atoms with van der Waals surface area (Å²) in [6, 6.07) is 8.31. The monoisotopic (exact) mass is 276 g/mol. The first kappa shape index (κ1) is 15.0. The van der Waals surface area contributed by atoms with Crippen LogP contribution in [0.4, 0.5) is 0 Å². The highest BCUT2D eigenvalue weighted by Gasteiger charge is 2.22. The van der Waals surface area contributed by atoms with E-state index in [0.29, 0.717) is 11.6 Å². The van der Waals surface area contributed by atoms with Crippen LogP contribution in [0.15, 0.2) is 24.3 Å². The second-order valence-corrected chi connectivity index (χ2v) is 5.62. The van der Waals surface area contributed by atoms with Crippen LogP contribution in [0, 0.1) is 0 Å². The lowest BCUT2D eigenvalue weighted by Gasteiger charge is -2.26. The Morgan fingerprint density at radius 1 is 1.45 bits per heavy atom. The molecule has 1 saturated heterocycles. The van der Waals surface area contributed by atoms with Gasteiger partial charge in [-0.3, -0.25) is 0 Å². The highest BCUT2D eigenvalue weighted by atomic mass is 16.5. The second-order valence-electron chi connectivity index (χ2n) is 5.62. The van der Waals surface area contributed by atoms with Crippen LogP contribution >= 0.6 is 0 Å². The number of hydrogen-bond acceptors (Lipinski definition) is 4. The van der Waals surface area contributed by atoms with E-state index in [9.17, 15) is 4.79 Å². The Balaban J connectivity index is 2.00. The summed E-state index contributed by atoms with van der Waals surface area (Å²) < 4.78 is 4.84. The fourth-order valence-electron chi connectivity index (χ4n) is 2.89. The van der Waals surface area contributed by atoms with E-state index in [4.69, 9.17) is 4.74 Å². The topological polar surface area (TPSA) is 32.8 Å². The quantitative estimate of drug-likeness (QED) is 0.770. The van der Waals surface area contributed by atoms with Gasteiger partial charge in [-0.15, -0.1) is 0 Å². The largest absolute Gasteiger partial charge is 0.465 e. The van der Waals surface area contributed by atoms with E-state index in [-0.39, 0.29) is 5.97 Å². The molecule has 2 rings (SSSR count). The summed E-state index contributed by atoms with van der Waals surface area (Å²) in [4.78, 5) is 16.5. The second kappa shape index (κ2) is 6.86. The Kier molecular flexibility index (Phi) is 5.15. The molecule has 0 aromatic heterocycles. The number of methoxy groups -OCH3 is 1. The number of rotatable bonds is 5. The Labute approximate surface area is 121 Å². The first-order valence-corrected chi connectivity index (χ1v) is 7.17. The van der Waals surface area contributed by atoms with E-state index in [1.807, 2.05) is 24.3 Å². The molecular weight excluding hydrogens is 252 g/mol. The Morgan fingerprint density at radius 2 is 2.20 bits per heavy atom. The molecule has 1 unspecified atom stereocenters. The molecular formula is C16H24N2O2. The zero-order valence-corrected chi connectivity index (χ0v) is 12.6. The van der Waals surface area contributed by atoms with Gasteiger partial charge in [0.25, 0.3) is 0 Å². The first-order chi connectivity index (χ1) is 9.61. The number of ether oxygens (including phenoxy) is 1. The fourth-order valence-corrected chi connectivity index (χ4v) is 2.89. The van der Waals surface area contributed by atoms with Crippen LogP contribution in [0.2, 0.25) is 0 Å². The van der Waals surface area contributed by atoms with Crippen molar-refractivity contribution in [2.45, 2.75) is 25.4 Å². The summed E-state index contributed by atoms with van der Waals surface area (Å²) in [5.74, 6) is -0.257. The SMILES string of the molecule is COC(=O)c1ccccc1CN(C)CC1CCCN1C. The van der Waals surface area contributed by atoms with Crippen LogP contribution in [-0.4, -0.2) is 56.1 Å². The first-order valence-electron chi connectivity index (χ1n) is 7.17. The van der Waals surface area contributed by atoms with Crippen molar-refractivity contribution >= 4 is 5.97 Å². The van der Waals surface area contributed by atoms with Crippen LogP contribution in [0.5, 0.6) is 0 Å². The summed E-state index contributed by atoms with van der Waals surface area (Å²) in [6.07, 6.45) is 2.55. The third-order valence-electron chi connectivity index (χ3n) is 4.06. The normalized spacial score (nSPS) is 19.5. The zero-order chi connectivity index (χ0) is 14.5. The van der Waals surface area contributed by atoms with Crippen molar-refractivity contribution in [3.63, 3.8) is 0 Å². The van der Waals surface area contributed by atoms with E-state index < -0.39 is 0 Å². The van der Waals surface area contributed by atoms with Gasteiger partial charge in [-0.2, -0.15) is 0 Å². The minimum atomic E-state index is -0.257. The van der Waals surface area contributed by atoms with Crippen LogP contribution in [0.25, 0.3) is 0 Å². The molecule has 0 bridgehead atoms. The summed E-state index contributed by atoms with van der Waals surface area (Å²) >= 11 is 0. The summed E-state index contributed by atoms with van der Waals surface area (Å²) in [5, 5.41) is 0. The van der Waals surface area contributed by atoms with E-state index in [1.54, 1.807) is 0 Å². The molecule has 110 valence electrons. The lowest BCUT2D eigenvalue weighted by Crippen LogP contribution is -2.36.